The molecular formula is C13H19NO2S. The number of anilines is 1. The van der Waals surface area contributed by atoms with Crippen molar-refractivity contribution < 1.29 is 8.42 Å². The monoisotopic (exact) mass is 253 g/mol. The Morgan fingerprint density at radius 3 is 2.29 bits per heavy atom. The molecule has 94 valence electrons. The van der Waals surface area contributed by atoms with Crippen LogP contribution in [0.1, 0.15) is 26.2 Å². The summed E-state index contributed by atoms with van der Waals surface area (Å²) in [5.41, 5.74) is 1.01. The minimum absolute atomic E-state index is 0.378. The first-order chi connectivity index (χ1) is 7.95. The van der Waals surface area contributed by atoms with E-state index >= 15 is 0 Å². The molecule has 17 heavy (non-hydrogen) atoms. The molecule has 0 heterocycles. The van der Waals surface area contributed by atoms with Gasteiger partial charge in [-0.25, -0.2) is 8.42 Å². The topological polar surface area (TPSA) is 46.2 Å². The molecule has 1 fully saturated rings. The summed E-state index contributed by atoms with van der Waals surface area (Å²) in [6, 6.07) is 7.55. The molecule has 4 heteroatoms. The zero-order valence-electron chi connectivity index (χ0n) is 10.3. The largest absolute Gasteiger partial charge is 0.382 e. The second kappa shape index (κ2) is 4.69. The van der Waals surface area contributed by atoms with Crippen molar-refractivity contribution in [2.75, 3.05) is 11.6 Å². The summed E-state index contributed by atoms with van der Waals surface area (Å²) in [4.78, 5) is 0.378. The van der Waals surface area contributed by atoms with E-state index in [2.05, 4.69) is 12.2 Å². The molecule has 1 aromatic rings. The van der Waals surface area contributed by atoms with Crippen LogP contribution in [0.25, 0.3) is 0 Å². The van der Waals surface area contributed by atoms with Gasteiger partial charge < -0.3 is 5.32 Å². The maximum Gasteiger partial charge on any atom is 0.175 e. The van der Waals surface area contributed by atoms with Crippen LogP contribution in [-0.2, 0) is 9.84 Å². The first-order valence-electron chi connectivity index (χ1n) is 6.02. The van der Waals surface area contributed by atoms with Crippen molar-refractivity contribution >= 4 is 15.5 Å². The highest BCUT2D eigenvalue weighted by molar-refractivity contribution is 7.90. The van der Waals surface area contributed by atoms with Crippen LogP contribution in [0.4, 0.5) is 5.69 Å². The van der Waals surface area contributed by atoms with Crippen molar-refractivity contribution in [3.8, 4) is 0 Å². The van der Waals surface area contributed by atoms with Gasteiger partial charge in [-0.1, -0.05) is 6.92 Å². The molecule has 0 amide bonds. The minimum Gasteiger partial charge on any atom is -0.382 e. The summed E-state index contributed by atoms with van der Waals surface area (Å²) in [6.45, 7) is 2.27. The zero-order valence-corrected chi connectivity index (χ0v) is 11.1. The number of sulfone groups is 1. The van der Waals surface area contributed by atoms with Crippen LogP contribution < -0.4 is 5.32 Å². The Balaban J connectivity index is 2.04. The standard InChI is InChI=1S/C13H19NO2S/c1-10-3-4-12(9-10)14-11-5-7-13(8-6-11)17(2,15)16/h5-8,10,12,14H,3-4,9H2,1-2H3. The molecule has 0 radical (unpaired) electrons. The molecule has 1 aliphatic rings. The Kier molecular flexibility index (Phi) is 3.43. The second-order valence-corrected chi connectivity index (χ2v) is 7.07. The SMILES string of the molecule is CC1CCC(Nc2ccc(S(C)(=O)=O)cc2)C1. The van der Waals surface area contributed by atoms with E-state index in [1.54, 1.807) is 12.1 Å². The molecule has 2 rings (SSSR count). The summed E-state index contributed by atoms with van der Waals surface area (Å²) in [6.07, 6.45) is 4.91. The maximum atomic E-state index is 11.3. The van der Waals surface area contributed by atoms with Crippen LogP contribution >= 0.6 is 0 Å². The van der Waals surface area contributed by atoms with Gasteiger partial charge in [0.1, 0.15) is 0 Å². The summed E-state index contributed by atoms with van der Waals surface area (Å²) in [5, 5.41) is 3.46. The van der Waals surface area contributed by atoms with Gasteiger partial charge >= 0.3 is 0 Å². The fraction of sp³-hybridized carbons (Fsp3) is 0.538. The minimum atomic E-state index is -3.08. The molecule has 1 saturated carbocycles. The first kappa shape index (κ1) is 12.4. The van der Waals surface area contributed by atoms with Crippen LogP contribution in [0.2, 0.25) is 0 Å². The Morgan fingerprint density at radius 1 is 1.18 bits per heavy atom. The van der Waals surface area contributed by atoms with Crippen molar-refractivity contribution in [2.24, 2.45) is 5.92 Å². The Hall–Kier alpha value is -1.03. The molecule has 1 N–H and O–H groups in total. The number of nitrogens with one attached hydrogen (secondary N) is 1. The smallest absolute Gasteiger partial charge is 0.175 e. The lowest BCUT2D eigenvalue weighted by atomic mass is 10.1. The Morgan fingerprint density at radius 2 is 1.82 bits per heavy atom. The Labute approximate surface area is 103 Å². The van der Waals surface area contributed by atoms with Gasteiger partial charge in [0.05, 0.1) is 4.90 Å². The van der Waals surface area contributed by atoms with Crippen LogP contribution in [0.15, 0.2) is 29.2 Å². The quantitative estimate of drug-likeness (QED) is 0.901. The maximum absolute atomic E-state index is 11.3. The predicted molar refractivity (Wildman–Crippen MR) is 70.0 cm³/mol. The first-order valence-corrected chi connectivity index (χ1v) is 7.91. The van der Waals surface area contributed by atoms with Crippen LogP contribution in [0.3, 0.4) is 0 Å². The summed E-state index contributed by atoms with van der Waals surface area (Å²) < 4.78 is 22.6. The van der Waals surface area contributed by atoms with Crippen LogP contribution in [0, 0.1) is 5.92 Å². The van der Waals surface area contributed by atoms with Gasteiger partial charge in [-0.3, -0.25) is 0 Å². The molecule has 0 spiro atoms. The van der Waals surface area contributed by atoms with Gasteiger partial charge in [-0.2, -0.15) is 0 Å². The summed E-state index contributed by atoms with van der Waals surface area (Å²) in [5.74, 6) is 0.794. The van der Waals surface area contributed by atoms with Crippen molar-refractivity contribution in [3.63, 3.8) is 0 Å². The van der Waals surface area contributed by atoms with E-state index in [4.69, 9.17) is 0 Å². The molecule has 0 aromatic heterocycles. The summed E-state index contributed by atoms with van der Waals surface area (Å²) in [7, 11) is -3.08. The van der Waals surface area contributed by atoms with Gasteiger partial charge in [0.25, 0.3) is 0 Å². The Bertz CT molecular complexity index is 479. The van der Waals surface area contributed by atoms with E-state index in [1.165, 1.54) is 25.5 Å². The summed E-state index contributed by atoms with van der Waals surface area (Å²) >= 11 is 0. The van der Waals surface area contributed by atoms with Crippen LogP contribution in [0.5, 0.6) is 0 Å². The van der Waals surface area contributed by atoms with Gasteiger partial charge in [0, 0.05) is 18.0 Å². The molecule has 0 aliphatic heterocycles. The van der Waals surface area contributed by atoms with Gasteiger partial charge in [-0.05, 0) is 49.4 Å². The van der Waals surface area contributed by atoms with E-state index in [-0.39, 0.29) is 0 Å². The van der Waals surface area contributed by atoms with Crippen molar-refractivity contribution in [1.82, 2.24) is 0 Å². The lowest BCUT2D eigenvalue weighted by Crippen LogP contribution is -2.15. The third-order valence-electron chi connectivity index (χ3n) is 3.35. The molecule has 3 nitrogen and oxygen atoms in total. The molecule has 1 aliphatic carbocycles. The highest BCUT2D eigenvalue weighted by Gasteiger charge is 2.20. The molecule has 1 aromatic carbocycles. The lowest BCUT2D eigenvalue weighted by molar-refractivity contribution is 0.602. The predicted octanol–water partition coefficient (Wildman–Crippen LogP) is 2.69. The van der Waals surface area contributed by atoms with Crippen molar-refractivity contribution in [2.45, 2.75) is 37.1 Å². The van der Waals surface area contributed by atoms with E-state index in [0.29, 0.717) is 10.9 Å². The second-order valence-electron chi connectivity index (χ2n) is 5.06. The third kappa shape index (κ3) is 3.22. The van der Waals surface area contributed by atoms with E-state index < -0.39 is 9.84 Å². The number of hydrogen-bond acceptors (Lipinski definition) is 3. The lowest BCUT2D eigenvalue weighted by Gasteiger charge is -2.14. The molecule has 0 saturated heterocycles. The molecular weight excluding hydrogens is 234 g/mol. The molecule has 2 unspecified atom stereocenters. The zero-order chi connectivity index (χ0) is 12.5. The number of rotatable bonds is 3. The van der Waals surface area contributed by atoms with E-state index in [9.17, 15) is 8.42 Å². The molecule has 0 bridgehead atoms. The fourth-order valence-corrected chi connectivity index (χ4v) is 3.00. The van der Waals surface area contributed by atoms with Crippen molar-refractivity contribution in [1.29, 1.82) is 0 Å². The fourth-order valence-electron chi connectivity index (χ4n) is 2.37. The highest BCUT2D eigenvalue weighted by atomic mass is 32.2. The van der Waals surface area contributed by atoms with Gasteiger partial charge in [-0.15, -0.1) is 0 Å². The van der Waals surface area contributed by atoms with Crippen molar-refractivity contribution in [3.05, 3.63) is 24.3 Å². The highest BCUT2D eigenvalue weighted by Crippen LogP contribution is 2.27. The van der Waals surface area contributed by atoms with Gasteiger partial charge in [0.2, 0.25) is 0 Å². The average Bonchev–Trinajstić information content (AvgIpc) is 2.63. The number of benzene rings is 1. The normalized spacial score (nSPS) is 24.8. The van der Waals surface area contributed by atoms with Gasteiger partial charge in [0.15, 0.2) is 9.84 Å². The van der Waals surface area contributed by atoms with Crippen LogP contribution in [-0.4, -0.2) is 20.7 Å². The molecule has 2 atom stereocenters. The van der Waals surface area contributed by atoms with E-state index in [1.807, 2.05) is 12.1 Å². The number of hydrogen-bond donors (Lipinski definition) is 1. The average molecular weight is 253 g/mol. The third-order valence-corrected chi connectivity index (χ3v) is 4.48. The van der Waals surface area contributed by atoms with E-state index in [0.717, 1.165) is 11.6 Å².